The summed E-state index contributed by atoms with van der Waals surface area (Å²) in [6.45, 7) is 2.57. The standard InChI is InChI=1S/C25H25N3OS/c29-25-22-10-5-4-9-21(22)24(23-11-6-16-30-23)26-28(25)18-27-14-12-20(13-15-27)17-19-7-2-1-3-8-19/h1-11,16,20H,12-15,17-18H2. The van der Waals surface area contributed by atoms with E-state index in [0.29, 0.717) is 12.6 Å². The molecule has 1 saturated heterocycles. The molecule has 1 fully saturated rings. The summed E-state index contributed by atoms with van der Waals surface area (Å²) in [5.41, 5.74) is 2.32. The van der Waals surface area contributed by atoms with E-state index in [1.807, 2.05) is 30.3 Å². The molecule has 3 heterocycles. The number of piperidine rings is 1. The van der Waals surface area contributed by atoms with Crippen LogP contribution in [0.2, 0.25) is 0 Å². The van der Waals surface area contributed by atoms with E-state index >= 15 is 0 Å². The fourth-order valence-electron chi connectivity index (χ4n) is 4.40. The Balaban J connectivity index is 1.35. The van der Waals surface area contributed by atoms with Gasteiger partial charge in [-0.3, -0.25) is 9.69 Å². The average molecular weight is 416 g/mol. The summed E-state index contributed by atoms with van der Waals surface area (Å²) < 4.78 is 1.66. The zero-order valence-corrected chi connectivity index (χ0v) is 17.7. The molecule has 0 aliphatic carbocycles. The van der Waals surface area contributed by atoms with Crippen LogP contribution in [0.4, 0.5) is 0 Å². The topological polar surface area (TPSA) is 38.1 Å². The molecular formula is C25H25N3OS. The summed E-state index contributed by atoms with van der Waals surface area (Å²) in [7, 11) is 0. The minimum Gasteiger partial charge on any atom is -0.284 e. The first-order chi connectivity index (χ1) is 14.8. The van der Waals surface area contributed by atoms with Crippen LogP contribution in [0.5, 0.6) is 0 Å². The molecule has 0 saturated carbocycles. The molecule has 0 bridgehead atoms. The van der Waals surface area contributed by atoms with Gasteiger partial charge in [-0.05, 0) is 48.3 Å². The molecule has 1 aliphatic heterocycles. The van der Waals surface area contributed by atoms with E-state index in [1.165, 1.54) is 5.56 Å². The maximum Gasteiger partial charge on any atom is 0.275 e. The largest absolute Gasteiger partial charge is 0.284 e. The number of hydrogen-bond donors (Lipinski definition) is 0. The lowest BCUT2D eigenvalue weighted by Crippen LogP contribution is -2.39. The number of thiophene rings is 1. The SMILES string of the molecule is O=c1c2ccccc2c(-c2cccs2)nn1CN1CCC(Cc2ccccc2)CC1. The molecule has 0 radical (unpaired) electrons. The molecular weight excluding hydrogens is 390 g/mol. The highest BCUT2D eigenvalue weighted by Crippen LogP contribution is 2.28. The van der Waals surface area contributed by atoms with Crippen molar-refractivity contribution in [3.8, 4) is 10.6 Å². The monoisotopic (exact) mass is 415 g/mol. The van der Waals surface area contributed by atoms with Crippen LogP contribution in [0, 0.1) is 5.92 Å². The highest BCUT2D eigenvalue weighted by molar-refractivity contribution is 7.13. The number of nitrogens with zero attached hydrogens (tertiary/aromatic N) is 3. The average Bonchev–Trinajstić information content (AvgIpc) is 3.32. The van der Waals surface area contributed by atoms with Gasteiger partial charge in [0.1, 0.15) is 5.69 Å². The smallest absolute Gasteiger partial charge is 0.275 e. The van der Waals surface area contributed by atoms with Crippen LogP contribution in [0.3, 0.4) is 0 Å². The number of likely N-dealkylation sites (tertiary alicyclic amines) is 1. The van der Waals surface area contributed by atoms with E-state index in [1.54, 1.807) is 16.0 Å². The highest BCUT2D eigenvalue weighted by atomic mass is 32.1. The number of aromatic nitrogens is 2. The van der Waals surface area contributed by atoms with Crippen LogP contribution in [0.1, 0.15) is 18.4 Å². The van der Waals surface area contributed by atoms with E-state index in [-0.39, 0.29) is 5.56 Å². The first-order valence-corrected chi connectivity index (χ1v) is 11.5. The molecule has 0 amide bonds. The summed E-state index contributed by atoms with van der Waals surface area (Å²) in [6, 6.07) is 22.7. The van der Waals surface area contributed by atoms with Gasteiger partial charge in [-0.2, -0.15) is 5.10 Å². The lowest BCUT2D eigenvalue weighted by molar-refractivity contribution is 0.138. The molecule has 152 valence electrons. The second-order valence-electron chi connectivity index (χ2n) is 8.07. The fraction of sp³-hybridized carbons (Fsp3) is 0.280. The molecule has 0 atom stereocenters. The molecule has 1 aliphatic rings. The Bertz CT molecular complexity index is 1180. The van der Waals surface area contributed by atoms with Crippen molar-refractivity contribution in [3.05, 3.63) is 88.0 Å². The van der Waals surface area contributed by atoms with Gasteiger partial charge in [0.15, 0.2) is 0 Å². The van der Waals surface area contributed by atoms with Crippen LogP contribution in [-0.4, -0.2) is 27.8 Å². The van der Waals surface area contributed by atoms with Crippen molar-refractivity contribution in [2.24, 2.45) is 5.92 Å². The van der Waals surface area contributed by atoms with Gasteiger partial charge in [0.25, 0.3) is 5.56 Å². The first kappa shape index (κ1) is 19.2. The third kappa shape index (κ3) is 3.95. The van der Waals surface area contributed by atoms with Crippen LogP contribution >= 0.6 is 11.3 Å². The van der Waals surface area contributed by atoms with Gasteiger partial charge in [0.05, 0.1) is 16.9 Å². The van der Waals surface area contributed by atoms with Crippen molar-refractivity contribution < 1.29 is 0 Å². The van der Waals surface area contributed by atoms with Gasteiger partial charge in [0, 0.05) is 18.5 Å². The predicted molar refractivity (Wildman–Crippen MR) is 124 cm³/mol. The van der Waals surface area contributed by atoms with Crippen LogP contribution in [0.15, 0.2) is 76.9 Å². The Labute approximate surface area is 180 Å². The Morgan fingerprint density at radius 1 is 0.900 bits per heavy atom. The van der Waals surface area contributed by atoms with Gasteiger partial charge < -0.3 is 0 Å². The van der Waals surface area contributed by atoms with E-state index in [4.69, 9.17) is 5.10 Å². The molecule has 0 unspecified atom stereocenters. The number of rotatable bonds is 5. The lowest BCUT2D eigenvalue weighted by atomic mass is 9.90. The summed E-state index contributed by atoms with van der Waals surface area (Å²) in [6.07, 6.45) is 3.47. The first-order valence-electron chi connectivity index (χ1n) is 10.6. The van der Waals surface area contributed by atoms with Crippen LogP contribution < -0.4 is 5.56 Å². The van der Waals surface area contributed by atoms with Crippen LogP contribution in [-0.2, 0) is 13.1 Å². The zero-order chi connectivity index (χ0) is 20.3. The van der Waals surface area contributed by atoms with E-state index in [9.17, 15) is 4.79 Å². The lowest BCUT2D eigenvalue weighted by Gasteiger charge is -2.32. The van der Waals surface area contributed by atoms with Gasteiger partial charge in [-0.1, -0.05) is 54.6 Å². The summed E-state index contributed by atoms with van der Waals surface area (Å²) in [5.74, 6) is 0.714. The quantitative estimate of drug-likeness (QED) is 0.458. The second-order valence-corrected chi connectivity index (χ2v) is 9.02. The second kappa shape index (κ2) is 8.54. The van der Waals surface area contributed by atoms with Crippen molar-refractivity contribution in [3.63, 3.8) is 0 Å². The third-order valence-electron chi connectivity index (χ3n) is 6.03. The normalized spacial score (nSPS) is 15.6. The maximum absolute atomic E-state index is 13.1. The number of benzene rings is 2. The highest BCUT2D eigenvalue weighted by Gasteiger charge is 2.21. The molecule has 2 aromatic carbocycles. The van der Waals surface area contributed by atoms with E-state index in [0.717, 1.165) is 53.7 Å². The molecule has 30 heavy (non-hydrogen) atoms. The Morgan fingerprint density at radius 3 is 2.37 bits per heavy atom. The van der Waals surface area contributed by atoms with Gasteiger partial charge in [0.2, 0.25) is 0 Å². The summed E-state index contributed by atoms with van der Waals surface area (Å²) >= 11 is 1.66. The van der Waals surface area contributed by atoms with E-state index < -0.39 is 0 Å². The Hall–Kier alpha value is -2.76. The minimum atomic E-state index is -0.00249. The minimum absolute atomic E-state index is 0.00249. The third-order valence-corrected chi connectivity index (χ3v) is 6.91. The molecule has 4 nitrogen and oxygen atoms in total. The molecule has 5 rings (SSSR count). The molecule has 4 aromatic rings. The van der Waals surface area contributed by atoms with Crippen molar-refractivity contribution in [1.29, 1.82) is 0 Å². The maximum atomic E-state index is 13.1. The molecule has 2 aromatic heterocycles. The van der Waals surface area contributed by atoms with E-state index in [2.05, 4.69) is 46.7 Å². The van der Waals surface area contributed by atoms with Gasteiger partial charge in [-0.15, -0.1) is 11.3 Å². The molecule has 5 heteroatoms. The van der Waals surface area contributed by atoms with Gasteiger partial charge >= 0.3 is 0 Å². The van der Waals surface area contributed by atoms with Crippen molar-refractivity contribution in [1.82, 2.24) is 14.7 Å². The Kier molecular flexibility index (Phi) is 5.47. The number of hydrogen-bond acceptors (Lipinski definition) is 4. The number of fused-ring (bicyclic) bond motifs is 1. The van der Waals surface area contributed by atoms with Crippen molar-refractivity contribution in [2.75, 3.05) is 13.1 Å². The van der Waals surface area contributed by atoms with Crippen LogP contribution in [0.25, 0.3) is 21.3 Å². The van der Waals surface area contributed by atoms with Gasteiger partial charge in [-0.25, -0.2) is 4.68 Å². The summed E-state index contributed by atoms with van der Waals surface area (Å²) in [5, 5.41) is 8.53. The van der Waals surface area contributed by atoms with Crippen molar-refractivity contribution >= 4 is 22.1 Å². The van der Waals surface area contributed by atoms with Crippen molar-refractivity contribution in [2.45, 2.75) is 25.9 Å². The summed E-state index contributed by atoms with van der Waals surface area (Å²) in [4.78, 5) is 16.6. The molecule has 0 spiro atoms. The fourth-order valence-corrected chi connectivity index (χ4v) is 5.12. The predicted octanol–water partition coefficient (Wildman–Crippen LogP) is 5.04. The molecule has 0 N–H and O–H groups in total. The zero-order valence-electron chi connectivity index (χ0n) is 16.9. The Morgan fingerprint density at radius 2 is 1.63 bits per heavy atom.